The van der Waals surface area contributed by atoms with Crippen LogP contribution >= 0.6 is 0 Å². The number of carbonyl (C=O) groups excluding carboxylic acids is 2. The summed E-state index contributed by atoms with van der Waals surface area (Å²) in [7, 11) is 0. The number of benzene rings is 1. The van der Waals surface area contributed by atoms with E-state index in [1.165, 1.54) is 5.56 Å². The molecule has 26 heavy (non-hydrogen) atoms. The summed E-state index contributed by atoms with van der Waals surface area (Å²) >= 11 is 0. The fourth-order valence-corrected chi connectivity index (χ4v) is 2.90. The first kappa shape index (κ1) is 21.7. The average Bonchev–Trinajstić information content (AvgIpc) is 2.61. The van der Waals surface area contributed by atoms with E-state index in [0.717, 1.165) is 29.7 Å². The normalized spacial score (nSPS) is 11.9. The summed E-state index contributed by atoms with van der Waals surface area (Å²) in [6, 6.07) is 6.04. The van der Waals surface area contributed by atoms with E-state index < -0.39 is 11.9 Å². The number of carbonyl (C=O) groups is 2. The Hall–Kier alpha value is -2.36. The van der Waals surface area contributed by atoms with Gasteiger partial charge in [0.2, 0.25) is 0 Å². The van der Waals surface area contributed by atoms with Gasteiger partial charge in [-0.3, -0.25) is 0 Å². The van der Waals surface area contributed by atoms with Gasteiger partial charge in [0, 0.05) is 12.2 Å². The SMILES string of the molecule is C=CC(=O)OCc1cc(COC(=O)C=C)cc(C(CC(C)C)C(C)C)c1. The Morgan fingerprint density at radius 2 is 1.38 bits per heavy atom. The van der Waals surface area contributed by atoms with Crippen LogP contribution in [-0.4, -0.2) is 11.9 Å². The number of hydrogen-bond donors (Lipinski definition) is 0. The maximum absolute atomic E-state index is 11.4. The van der Waals surface area contributed by atoms with Crippen LogP contribution in [-0.2, 0) is 32.3 Å². The lowest BCUT2D eigenvalue weighted by Gasteiger charge is -2.24. The van der Waals surface area contributed by atoms with Gasteiger partial charge in [0.25, 0.3) is 0 Å². The third kappa shape index (κ3) is 7.26. The van der Waals surface area contributed by atoms with Gasteiger partial charge in [0.15, 0.2) is 0 Å². The summed E-state index contributed by atoms with van der Waals surface area (Å²) in [5, 5.41) is 0. The molecule has 0 aliphatic rings. The van der Waals surface area contributed by atoms with Crippen molar-refractivity contribution in [3.8, 4) is 0 Å². The summed E-state index contributed by atoms with van der Waals surface area (Å²) in [5.41, 5.74) is 2.92. The highest BCUT2D eigenvalue weighted by Gasteiger charge is 2.19. The monoisotopic (exact) mass is 358 g/mol. The van der Waals surface area contributed by atoms with Crippen molar-refractivity contribution < 1.29 is 19.1 Å². The first-order valence-electron chi connectivity index (χ1n) is 8.97. The summed E-state index contributed by atoms with van der Waals surface area (Å²) < 4.78 is 10.3. The Balaban J connectivity index is 3.15. The van der Waals surface area contributed by atoms with Crippen LogP contribution in [0.5, 0.6) is 0 Å². The van der Waals surface area contributed by atoms with Gasteiger partial charge in [0.1, 0.15) is 13.2 Å². The minimum atomic E-state index is -0.461. The second kappa shape index (κ2) is 10.6. The molecule has 142 valence electrons. The molecule has 0 amide bonds. The first-order valence-corrected chi connectivity index (χ1v) is 8.97. The Kier molecular flexibility index (Phi) is 8.83. The van der Waals surface area contributed by atoms with Crippen molar-refractivity contribution in [3.63, 3.8) is 0 Å². The smallest absolute Gasteiger partial charge is 0.330 e. The van der Waals surface area contributed by atoms with Crippen LogP contribution in [0.1, 0.15) is 56.7 Å². The molecule has 1 aromatic carbocycles. The highest BCUT2D eigenvalue weighted by molar-refractivity contribution is 5.81. The fourth-order valence-electron chi connectivity index (χ4n) is 2.90. The molecule has 0 aliphatic heterocycles. The highest BCUT2D eigenvalue weighted by Crippen LogP contribution is 2.32. The summed E-state index contributed by atoms with van der Waals surface area (Å²) in [6.07, 6.45) is 3.35. The van der Waals surface area contributed by atoms with Gasteiger partial charge in [-0.15, -0.1) is 0 Å². The quantitative estimate of drug-likeness (QED) is 0.439. The van der Waals surface area contributed by atoms with Crippen LogP contribution in [0, 0.1) is 11.8 Å². The lowest BCUT2D eigenvalue weighted by atomic mass is 9.81. The molecule has 0 aromatic heterocycles. The predicted molar refractivity (Wildman–Crippen MR) is 103 cm³/mol. The van der Waals surface area contributed by atoms with Gasteiger partial charge in [-0.1, -0.05) is 53.0 Å². The Labute approximate surface area is 156 Å². The maximum atomic E-state index is 11.4. The predicted octanol–water partition coefficient (Wildman–Crippen LogP) is 4.93. The zero-order valence-corrected chi connectivity index (χ0v) is 16.3. The van der Waals surface area contributed by atoms with Crippen molar-refractivity contribution in [1.82, 2.24) is 0 Å². The molecule has 1 aromatic rings. The Morgan fingerprint density at radius 3 is 1.73 bits per heavy atom. The van der Waals surface area contributed by atoms with Crippen LogP contribution in [0.15, 0.2) is 43.5 Å². The summed E-state index contributed by atoms with van der Waals surface area (Å²) in [6.45, 7) is 16.0. The molecular formula is C22H30O4. The molecule has 0 saturated carbocycles. The number of rotatable bonds is 10. The molecule has 1 atom stereocenters. The molecule has 0 N–H and O–H groups in total. The van der Waals surface area contributed by atoms with Gasteiger partial charge in [-0.25, -0.2) is 9.59 Å². The van der Waals surface area contributed by atoms with Gasteiger partial charge < -0.3 is 9.47 Å². The van der Waals surface area contributed by atoms with E-state index in [2.05, 4.69) is 53.0 Å². The molecule has 4 heteroatoms. The molecule has 0 spiro atoms. The summed E-state index contributed by atoms with van der Waals surface area (Å²) in [5.74, 6) is 0.479. The van der Waals surface area contributed by atoms with Crippen molar-refractivity contribution >= 4 is 11.9 Å². The zero-order valence-electron chi connectivity index (χ0n) is 16.3. The lowest BCUT2D eigenvalue weighted by Crippen LogP contribution is -2.12. The number of hydrogen-bond acceptors (Lipinski definition) is 4. The van der Waals surface area contributed by atoms with E-state index in [1.807, 2.05) is 6.07 Å². The van der Waals surface area contributed by atoms with E-state index in [9.17, 15) is 9.59 Å². The van der Waals surface area contributed by atoms with Gasteiger partial charge in [0.05, 0.1) is 0 Å². The topological polar surface area (TPSA) is 52.6 Å². The lowest BCUT2D eigenvalue weighted by molar-refractivity contribution is -0.139. The summed E-state index contributed by atoms with van der Waals surface area (Å²) in [4.78, 5) is 22.8. The van der Waals surface area contributed by atoms with E-state index in [1.54, 1.807) is 0 Å². The Morgan fingerprint density at radius 1 is 0.923 bits per heavy atom. The van der Waals surface area contributed by atoms with Crippen LogP contribution in [0.3, 0.4) is 0 Å². The van der Waals surface area contributed by atoms with Crippen LogP contribution in [0.2, 0.25) is 0 Å². The first-order chi connectivity index (χ1) is 12.3. The molecule has 0 saturated heterocycles. The largest absolute Gasteiger partial charge is 0.458 e. The van der Waals surface area contributed by atoms with E-state index >= 15 is 0 Å². The molecule has 0 aliphatic carbocycles. The fraction of sp³-hybridized carbons (Fsp3) is 0.455. The van der Waals surface area contributed by atoms with E-state index in [4.69, 9.17) is 9.47 Å². The molecular weight excluding hydrogens is 328 g/mol. The molecule has 0 bridgehead atoms. The molecule has 0 fully saturated rings. The van der Waals surface area contributed by atoms with Crippen LogP contribution in [0.4, 0.5) is 0 Å². The maximum Gasteiger partial charge on any atom is 0.330 e. The van der Waals surface area contributed by atoms with Crippen molar-refractivity contribution in [2.24, 2.45) is 11.8 Å². The molecule has 0 heterocycles. The number of ether oxygens (including phenoxy) is 2. The number of esters is 2. The second-order valence-corrected chi connectivity index (χ2v) is 7.19. The Bertz CT molecular complexity index is 601. The average molecular weight is 358 g/mol. The van der Waals surface area contributed by atoms with Gasteiger partial charge >= 0.3 is 11.9 Å². The second-order valence-electron chi connectivity index (χ2n) is 7.19. The van der Waals surface area contributed by atoms with Crippen LogP contribution in [0.25, 0.3) is 0 Å². The van der Waals surface area contributed by atoms with Gasteiger partial charge in [-0.2, -0.15) is 0 Å². The van der Waals surface area contributed by atoms with Crippen molar-refractivity contribution in [3.05, 3.63) is 60.2 Å². The molecule has 0 radical (unpaired) electrons. The van der Waals surface area contributed by atoms with Crippen molar-refractivity contribution in [2.45, 2.75) is 53.2 Å². The standard InChI is InChI=1S/C22H30O4/c1-7-21(23)25-13-17-10-18(14-26-22(24)8-2)12-19(11-17)20(16(5)6)9-15(3)4/h7-8,10-12,15-16,20H,1-2,9,13-14H2,3-6H3. The zero-order chi connectivity index (χ0) is 19.7. The molecule has 4 nitrogen and oxygen atoms in total. The van der Waals surface area contributed by atoms with Crippen LogP contribution < -0.4 is 0 Å². The van der Waals surface area contributed by atoms with Crippen molar-refractivity contribution in [1.29, 1.82) is 0 Å². The minimum absolute atomic E-state index is 0.160. The molecule has 1 rings (SSSR count). The van der Waals surface area contributed by atoms with Crippen molar-refractivity contribution in [2.75, 3.05) is 0 Å². The third-order valence-electron chi connectivity index (χ3n) is 4.13. The minimum Gasteiger partial charge on any atom is -0.458 e. The molecule has 1 unspecified atom stereocenters. The van der Waals surface area contributed by atoms with E-state index in [-0.39, 0.29) is 13.2 Å². The van der Waals surface area contributed by atoms with Gasteiger partial charge in [-0.05, 0) is 46.9 Å². The van der Waals surface area contributed by atoms with E-state index in [0.29, 0.717) is 17.8 Å². The third-order valence-corrected chi connectivity index (χ3v) is 4.13. The highest BCUT2D eigenvalue weighted by atomic mass is 16.5.